The van der Waals surface area contributed by atoms with Crippen molar-refractivity contribution in [3.05, 3.63) is 40.3 Å². The summed E-state index contributed by atoms with van der Waals surface area (Å²) in [6, 6.07) is 5.17. The zero-order valence-corrected chi connectivity index (χ0v) is 14.3. The largest absolute Gasteiger partial charge is 0.450 e. The molecule has 0 spiro atoms. The van der Waals surface area contributed by atoms with E-state index in [4.69, 9.17) is 4.74 Å². The van der Waals surface area contributed by atoms with Crippen LogP contribution in [0.4, 0.5) is 4.79 Å². The van der Waals surface area contributed by atoms with Crippen molar-refractivity contribution in [1.82, 2.24) is 19.4 Å². The van der Waals surface area contributed by atoms with Crippen molar-refractivity contribution in [3.63, 3.8) is 0 Å². The van der Waals surface area contributed by atoms with Crippen LogP contribution in [0.2, 0.25) is 0 Å². The van der Waals surface area contributed by atoms with E-state index in [0.29, 0.717) is 38.4 Å². The highest BCUT2D eigenvalue weighted by Crippen LogP contribution is 2.13. The lowest BCUT2D eigenvalue weighted by Gasteiger charge is -2.34. The minimum Gasteiger partial charge on any atom is -0.450 e. The zero-order valence-electron chi connectivity index (χ0n) is 14.3. The minimum atomic E-state index is -0.373. The Bertz CT molecular complexity index is 869. The van der Waals surface area contributed by atoms with Crippen LogP contribution in [-0.2, 0) is 11.8 Å². The number of nitrogens with zero attached hydrogens (tertiary/aromatic N) is 4. The molecule has 3 heterocycles. The maximum Gasteiger partial charge on any atom is 0.409 e. The van der Waals surface area contributed by atoms with Crippen molar-refractivity contribution in [1.29, 1.82) is 0 Å². The number of pyridine rings is 2. The van der Waals surface area contributed by atoms with Gasteiger partial charge in [0.25, 0.3) is 11.5 Å². The standard InChI is InChI=1S/C17H20N4O4/c1-3-25-17(24)21-9-7-20(8-10-21)16(23)13-11-12-5-4-6-18-14(12)19(2)15(13)22/h4-6,11H,3,7-10H2,1-2H3. The van der Waals surface area contributed by atoms with E-state index in [9.17, 15) is 14.4 Å². The van der Waals surface area contributed by atoms with E-state index in [-0.39, 0.29) is 23.1 Å². The van der Waals surface area contributed by atoms with E-state index >= 15 is 0 Å². The molecule has 0 bridgehead atoms. The molecule has 0 saturated carbocycles. The van der Waals surface area contributed by atoms with Crippen molar-refractivity contribution < 1.29 is 14.3 Å². The van der Waals surface area contributed by atoms with E-state index < -0.39 is 0 Å². The molecular weight excluding hydrogens is 324 g/mol. The third-order valence-corrected chi connectivity index (χ3v) is 4.29. The van der Waals surface area contributed by atoms with Gasteiger partial charge in [0.2, 0.25) is 0 Å². The molecule has 25 heavy (non-hydrogen) atoms. The number of hydrogen-bond donors (Lipinski definition) is 0. The summed E-state index contributed by atoms with van der Waals surface area (Å²) < 4.78 is 6.35. The lowest BCUT2D eigenvalue weighted by Crippen LogP contribution is -2.51. The fourth-order valence-corrected chi connectivity index (χ4v) is 2.93. The van der Waals surface area contributed by atoms with E-state index in [1.807, 2.05) is 6.07 Å². The second-order valence-electron chi connectivity index (χ2n) is 5.82. The third kappa shape index (κ3) is 3.19. The molecule has 0 aromatic carbocycles. The van der Waals surface area contributed by atoms with Crippen molar-refractivity contribution in [2.45, 2.75) is 6.92 Å². The molecule has 3 rings (SSSR count). The van der Waals surface area contributed by atoms with Gasteiger partial charge in [0.05, 0.1) is 6.61 Å². The van der Waals surface area contributed by atoms with Crippen molar-refractivity contribution >= 4 is 23.0 Å². The summed E-state index contributed by atoms with van der Waals surface area (Å²) in [7, 11) is 1.60. The van der Waals surface area contributed by atoms with E-state index in [1.165, 1.54) is 4.57 Å². The lowest BCUT2D eigenvalue weighted by molar-refractivity contribution is 0.0569. The third-order valence-electron chi connectivity index (χ3n) is 4.29. The van der Waals surface area contributed by atoms with Gasteiger partial charge in [-0.3, -0.25) is 14.2 Å². The average Bonchev–Trinajstić information content (AvgIpc) is 2.64. The molecule has 0 atom stereocenters. The van der Waals surface area contributed by atoms with Gasteiger partial charge in [0.1, 0.15) is 11.2 Å². The number of aryl methyl sites for hydroxylation is 1. The summed E-state index contributed by atoms with van der Waals surface area (Å²) in [5.74, 6) is -0.324. The van der Waals surface area contributed by atoms with Crippen LogP contribution in [0.15, 0.2) is 29.2 Å². The molecule has 2 aromatic rings. The molecule has 0 N–H and O–H groups in total. The Morgan fingerprint density at radius 2 is 1.88 bits per heavy atom. The van der Waals surface area contributed by atoms with Gasteiger partial charge in [-0.15, -0.1) is 0 Å². The van der Waals surface area contributed by atoms with Crippen LogP contribution in [0, 0.1) is 0 Å². The van der Waals surface area contributed by atoms with Crippen molar-refractivity contribution in [2.24, 2.45) is 7.05 Å². The van der Waals surface area contributed by atoms with Gasteiger partial charge in [0, 0.05) is 44.8 Å². The highest BCUT2D eigenvalue weighted by molar-refractivity contribution is 5.97. The van der Waals surface area contributed by atoms with Gasteiger partial charge in [-0.25, -0.2) is 9.78 Å². The first-order chi connectivity index (χ1) is 12.0. The highest BCUT2D eigenvalue weighted by atomic mass is 16.6. The second-order valence-corrected chi connectivity index (χ2v) is 5.82. The molecule has 2 aromatic heterocycles. The number of aromatic nitrogens is 2. The number of amides is 2. The summed E-state index contributed by atoms with van der Waals surface area (Å²) in [5.41, 5.74) is 0.285. The number of carbonyl (C=O) groups excluding carboxylic acids is 2. The number of carbonyl (C=O) groups is 2. The monoisotopic (exact) mass is 344 g/mol. The van der Waals surface area contributed by atoms with E-state index in [0.717, 1.165) is 5.39 Å². The van der Waals surface area contributed by atoms with Crippen LogP contribution in [0.5, 0.6) is 0 Å². The predicted octanol–water partition coefficient (Wildman–Crippen LogP) is 0.848. The fraction of sp³-hybridized carbons (Fsp3) is 0.412. The minimum absolute atomic E-state index is 0.118. The molecule has 1 aliphatic heterocycles. The van der Waals surface area contributed by atoms with Crippen LogP contribution >= 0.6 is 0 Å². The van der Waals surface area contributed by atoms with Crippen LogP contribution in [-0.4, -0.2) is 64.1 Å². The van der Waals surface area contributed by atoms with Crippen molar-refractivity contribution in [2.75, 3.05) is 32.8 Å². The number of hydrogen-bond acceptors (Lipinski definition) is 5. The Morgan fingerprint density at radius 1 is 1.20 bits per heavy atom. The molecule has 0 aliphatic carbocycles. The molecule has 0 radical (unpaired) electrons. The number of rotatable bonds is 2. The summed E-state index contributed by atoms with van der Waals surface area (Å²) in [4.78, 5) is 44.4. The predicted molar refractivity (Wildman–Crippen MR) is 91.5 cm³/mol. The summed E-state index contributed by atoms with van der Waals surface area (Å²) in [5, 5.41) is 0.734. The second kappa shape index (κ2) is 6.92. The zero-order chi connectivity index (χ0) is 18.0. The Kier molecular flexibility index (Phi) is 4.69. The van der Waals surface area contributed by atoms with Gasteiger partial charge in [0.15, 0.2) is 0 Å². The number of piperazine rings is 1. The normalized spacial score (nSPS) is 14.6. The van der Waals surface area contributed by atoms with Gasteiger partial charge < -0.3 is 14.5 Å². The van der Waals surface area contributed by atoms with Crippen molar-refractivity contribution in [3.8, 4) is 0 Å². The maximum atomic E-state index is 12.8. The molecule has 8 heteroatoms. The quantitative estimate of drug-likeness (QED) is 0.806. The lowest BCUT2D eigenvalue weighted by atomic mass is 10.1. The molecule has 0 unspecified atom stereocenters. The topological polar surface area (TPSA) is 84.7 Å². The Hall–Kier alpha value is -2.90. The summed E-state index contributed by atoms with van der Waals surface area (Å²) >= 11 is 0. The Labute approximate surface area is 144 Å². The van der Waals surface area contributed by atoms with Crippen LogP contribution in [0.3, 0.4) is 0 Å². The highest BCUT2D eigenvalue weighted by Gasteiger charge is 2.27. The van der Waals surface area contributed by atoms with Crippen LogP contribution in [0.25, 0.3) is 11.0 Å². The molecule has 132 valence electrons. The first-order valence-electron chi connectivity index (χ1n) is 8.18. The smallest absolute Gasteiger partial charge is 0.409 e. The van der Waals surface area contributed by atoms with Crippen LogP contribution < -0.4 is 5.56 Å². The Balaban J connectivity index is 1.81. The Morgan fingerprint density at radius 3 is 2.56 bits per heavy atom. The summed E-state index contributed by atoms with van der Waals surface area (Å²) in [6.07, 6.45) is 1.24. The molecule has 1 saturated heterocycles. The SMILES string of the molecule is CCOC(=O)N1CCN(C(=O)c2cc3cccnc3n(C)c2=O)CC1. The maximum absolute atomic E-state index is 12.8. The van der Waals surface area contributed by atoms with Gasteiger partial charge >= 0.3 is 6.09 Å². The fourth-order valence-electron chi connectivity index (χ4n) is 2.93. The van der Waals surface area contributed by atoms with E-state index in [1.54, 1.807) is 42.1 Å². The van der Waals surface area contributed by atoms with E-state index in [2.05, 4.69) is 4.98 Å². The molecule has 1 fully saturated rings. The molecule has 1 aliphatic rings. The molecular formula is C17H20N4O4. The molecule has 8 nitrogen and oxygen atoms in total. The number of fused-ring (bicyclic) bond motifs is 1. The number of ether oxygens (including phenoxy) is 1. The van der Waals surface area contributed by atoms with Gasteiger partial charge in [-0.1, -0.05) is 0 Å². The summed E-state index contributed by atoms with van der Waals surface area (Å²) in [6.45, 7) is 3.58. The van der Waals surface area contributed by atoms with Crippen LogP contribution in [0.1, 0.15) is 17.3 Å². The first kappa shape index (κ1) is 16.9. The average molecular weight is 344 g/mol. The first-order valence-corrected chi connectivity index (χ1v) is 8.18. The molecule has 2 amide bonds. The van der Waals surface area contributed by atoms with Gasteiger partial charge in [-0.05, 0) is 25.1 Å². The van der Waals surface area contributed by atoms with Gasteiger partial charge in [-0.2, -0.15) is 0 Å².